The Balaban J connectivity index is 2.75. The van der Waals surface area contributed by atoms with Gasteiger partial charge >= 0.3 is 5.97 Å². The molecule has 0 spiro atoms. The fourth-order valence-electron chi connectivity index (χ4n) is 1.56. The number of carboxylic acid groups (broad SMARTS) is 1. The van der Waals surface area contributed by atoms with Gasteiger partial charge in [-0.05, 0) is 41.1 Å². The van der Waals surface area contributed by atoms with Crippen LogP contribution in [0.15, 0.2) is 12.1 Å². The number of nitrogens with one attached hydrogen (secondary N) is 1. The first-order valence-corrected chi connectivity index (χ1v) is 6.99. The third-order valence-electron chi connectivity index (χ3n) is 2.57. The predicted molar refractivity (Wildman–Crippen MR) is 81.5 cm³/mol. The van der Waals surface area contributed by atoms with Crippen LogP contribution in [0.2, 0.25) is 0 Å². The third-order valence-corrected chi connectivity index (χ3v) is 3.46. The molecule has 0 atom stereocenters. The molecule has 0 aromatic heterocycles. The maximum atomic E-state index is 12.0. The zero-order chi connectivity index (χ0) is 15.1. The Morgan fingerprint density at radius 3 is 2.40 bits per heavy atom. The van der Waals surface area contributed by atoms with Gasteiger partial charge in [0, 0.05) is 16.5 Å². The standard InChI is InChI=1S/C13H16INO5/c1-19-10-6-8(9(14)7-11(10)20-2)13(18)15-5-3-4-12(16)17/h6-7H,3-5H2,1-2H3,(H,15,18)(H,16,17). The molecule has 20 heavy (non-hydrogen) atoms. The highest BCUT2D eigenvalue weighted by atomic mass is 127. The Kier molecular flexibility index (Phi) is 6.56. The van der Waals surface area contributed by atoms with Crippen molar-refractivity contribution < 1.29 is 24.2 Å². The van der Waals surface area contributed by atoms with Gasteiger partial charge in [-0.2, -0.15) is 0 Å². The van der Waals surface area contributed by atoms with Crippen LogP contribution in [0.4, 0.5) is 0 Å². The lowest BCUT2D eigenvalue weighted by Crippen LogP contribution is -2.25. The minimum Gasteiger partial charge on any atom is -0.493 e. The van der Waals surface area contributed by atoms with E-state index in [4.69, 9.17) is 14.6 Å². The number of hydrogen-bond donors (Lipinski definition) is 2. The van der Waals surface area contributed by atoms with Crippen molar-refractivity contribution in [2.45, 2.75) is 12.8 Å². The Bertz CT molecular complexity index is 504. The van der Waals surface area contributed by atoms with E-state index in [1.165, 1.54) is 14.2 Å². The van der Waals surface area contributed by atoms with Gasteiger partial charge in [-0.15, -0.1) is 0 Å². The topological polar surface area (TPSA) is 84.9 Å². The van der Waals surface area contributed by atoms with Crippen LogP contribution in [0, 0.1) is 3.57 Å². The first kappa shape index (κ1) is 16.5. The van der Waals surface area contributed by atoms with E-state index < -0.39 is 5.97 Å². The van der Waals surface area contributed by atoms with E-state index in [1.807, 2.05) is 22.6 Å². The molecule has 110 valence electrons. The summed E-state index contributed by atoms with van der Waals surface area (Å²) in [4.78, 5) is 22.4. The first-order valence-electron chi connectivity index (χ1n) is 5.91. The molecule has 0 saturated heterocycles. The quantitative estimate of drug-likeness (QED) is 0.546. The van der Waals surface area contributed by atoms with E-state index in [0.29, 0.717) is 30.0 Å². The molecule has 0 fully saturated rings. The summed E-state index contributed by atoms with van der Waals surface area (Å²) in [5.41, 5.74) is 0.471. The maximum Gasteiger partial charge on any atom is 0.303 e. The minimum absolute atomic E-state index is 0.0311. The molecule has 0 aliphatic heterocycles. The van der Waals surface area contributed by atoms with Gasteiger partial charge < -0.3 is 19.9 Å². The summed E-state index contributed by atoms with van der Waals surface area (Å²) in [6, 6.07) is 3.32. The summed E-state index contributed by atoms with van der Waals surface area (Å²) < 4.78 is 11.0. The minimum atomic E-state index is -0.875. The number of carbonyl (C=O) groups is 2. The number of carbonyl (C=O) groups excluding carboxylic acids is 1. The predicted octanol–water partition coefficient (Wildman–Crippen LogP) is 1.90. The van der Waals surface area contributed by atoms with Gasteiger partial charge in [-0.25, -0.2) is 0 Å². The van der Waals surface area contributed by atoms with Crippen molar-refractivity contribution in [1.82, 2.24) is 5.32 Å². The summed E-state index contributed by atoms with van der Waals surface area (Å²) in [6.07, 6.45) is 0.425. The second-order valence-corrected chi connectivity index (χ2v) is 5.10. The van der Waals surface area contributed by atoms with Crippen molar-refractivity contribution in [2.24, 2.45) is 0 Å². The number of halogens is 1. The van der Waals surface area contributed by atoms with E-state index in [2.05, 4.69) is 5.32 Å². The largest absolute Gasteiger partial charge is 0.493 e. The Labute approximate surface area is 130 Å². The van der Waals surface area contributed by atoms with Gasteiger partial charge in [0.15, 0.2) is 11.5 Å². The van der Waals surface area contributed by atoms with Gasteiger partial charge in [0.1, 0.15) is 0 Å². The Morgan fingerprint density at radius 2 is 1.85 bits per heavy atom. The van der Waals surface area contributed by atoms with Crippen molar-refractivity contribution in [3.63, 3.8) is 0 Å². The molecule has 0 heterocycles. The van der Waals surface area contributed by atoms with Gasteiger partial charge in [0.25, 0.3) is 5.91 Å². The summed E-state index contributed by atoms with van der Waals surface area (Å²) >= 11 is 2.04. The molecule has 1 aromatic carbocycles. The number of hydrogen-bond acceptors (Lipinski definition) is 4. The summed E-state index contributed by atoms with van der Waals surface area (Å²) in [7, 11) is 3.03. The third kappa shape index (κ3) is 4.55. The van der Waals surface area contributed by atoms with Crippen molar-refractivity contribution in [3.05, 3.63) is 21.3 Å². The molecule has 7 heteroatoms. The van der Waals surface area contributed by atoms with E-state index in [1.54, 1.807) is 12.1 Å². The summed E-state index contributed by atoms with van der Waals surface area (Å²) in [5.74, 6) is -0.108. The smallest absolute Gasteiger partial charge is 0.303 e. The first-order chi connectivity index (χ1) is 9.49. The zero-order valence-corrected chi connectivity index (χ0v) is 13.4. The van der Waals surface area contributed by atoms with E-state index in [0.717, 1.165) is 3.57 Å². The molecule has 0 aliphatic carbocycles. The molecule has 0 unspecified atom stereocenters. The van der Waals surface area contributed by atoms with Crippen LogP contribution >= 0.6 is 22.6 Å². The summed E-state index contributed by atoms with van der Waals surface area (Å²) in [5, 5.41) is 11.2. The number of methoxy groups -OCH3 is 2. The monoisotopic (exact) mass is 393 g/mol. The maximum absolute atomic E-state index is 12.0. The number of ether oxygens (including phenoxy) is 2. The van der Waals surface area contributed by atoms with Crippen LogP contribution in [-0.2, 0) is 4.79 Å². The number of amides is 1. The van der Waals surface area contributed by atoms with Crippen LogP contribution in [0.1, 0.15) is 23.2 Å². The second-order valence-electron chi connectivity index (χ2n) is 3.94. The van der Waals surface area contributed by atoms with E-state index in [9.17, 15) is 9.59 Å². The normalized spacial score (nSPS) is 9.95. The van der Waals surface area contributed by atoms with Crippen LogP contribution in [-0.4, -0.2) is 37.7 Å². The highest BCUT2D eigenvalue weighted by Crippen LogP contribution is 2.31. The number of benzene rings is 1. The van der Waals surface area contributed by atoms with Gasteiger partial charge in [-0.1, -0.05) is 0 Å². The SMILES string of the molecule is COc1cc(I)c(C(=O)NCCCC(=O)O)cc1OC. The zero-order valence-electron chi connectivity index (χ0n) is 11.2. The van der Waals surface area contributed by atoms with Crippen LogP contribution < -0.4 is 14.8 Å². The van der Waals surface area contributed by atoms with Gasteiger partial charge in [0.05, 0.1) is 19.8 Å². The lowest BCUT2D eigenvalue weighted by Gasteiger charge is -2.12. The molecule has 6 nitrogen and oxygen atoms in total. The van der Waals surface area contributed by atoms with Gasteiger partial charge in [0.2, 0.25) is 0 Å². The lowest BCUT2D eigenvalue weighted by molar-refractivity contribution is -0.137. The van der Waals surface area contributed by atoms with Crippen LogP contribution in [0.3, 0.4) is 0 Å². The number of carboxylic acids is 1. The fraction of sp³-hybridized carbons (Fsp3) is 0.385. The average Bonchev–Trinajstić information content (AvgIpc) is 2.42. The van der Waals surface area contributed by atoms with Crippen molar-refractivity contribution in [3.8, 4) is 11.5 Å². The Morgan fingerprint density at radius 1 is 1.25 bits per heavy atom. The Hall–Kier alpha value is -1.51. The molecule has 1 amide bonds. The molecule has 0 radical (unpaired) electrons. The van der Waals surface area contributed by atoms with Crippen molar-refractivity contribution in [2.75, 3.05) is 20.8 Å². The molecule has 1 rings (SSSR count). The molecule has 1 aromatic rings. The molecule has 2 N–H and O–H groups in total. The second kappa shape index (κ2) is 7.93. The lowest BCUT2D eigenvalue weighted by atomic mass is 10.2. The molecule has 0 saturated carbocycles. The molecular formula is C13H16INO5. The van der Waals surface area contributed by atoms with E-state index in [-0.39, 0.29) is 12.3 Å². The molecule has 0 bridgehead atoms. The number of aliphatic carboxylic acids is 1. The summed E-state index contributed by atoms with van der Waals surface area (Å²) in [6.45, 7) is 0.315. The average molecular weight is 393 g/mol. The van der Waals surface area contributed by atoms with Crippen LogP contribution in [0.25, 0.3) is 0 Å². The van der Waals surface area contributed by atoms with Crippen molar-refractivity contribution in [1.29, 1.82) is 0 Å². The molecule has 0 aliphatic rings. The highest BCUT2D eigenvalue weighted by Gasteiger charge is 2.15. The van der Waals surface area contributed by atoms with Crippen LogP contribution in [0.5, 0.6) is 11.5 Å². The molecular weight excluding hydrogens is 377 g/mol. The fourth-order valence-corrected chi connectivity index (χ4v) is 2.25. The van der Waals surface area contributed by atoms with Gasteiger partial charge in [-0.3, -0.25) is 9.59 Å². The number of rotatable bonds is 7. The van der Waals surface area contributed by atoms with E-state index >= 15 is 0 Å². The highest BCUT2D eigenvalue weighted by molar-refractivity contribution is 14.1. The van der Waals surface area contributed by atoms with Crippen molar-refractivity contribution >= 4 is 34.5 Å².